The first-order valence-electron chi connectivity index (χ1n) is 9.40. The molecule has 7 heteroatoms. The summed E-state index contributed by atoms with van der Waals surface area (Å²) in [5.74, 6) is 2.73. The Morgan fingerprint density at radius 3 is 2.55 bits per heavy atom. The number of aromatic nitrogens is 3. The van der Waals surface area contributed by atoms with Crippen LogP contribution >= 0.6 is 11.8 Å². The summed E-state index contributed by atoms with van der Waals surface area (Å²) in [4.78, 5) is 12.5. The van der Waals surface area contributed by atoms with Gasteiger partial charge in [-0.2, -0.15) is 0 Å². The van der Waals surface area contributed by atoms with Gasteiger partial charge in [0.15, 0.2) is 11.0 Å². The third-order valence-corrected chi connectivity index (χ3v) is 5.32. The zero-order valence-corrected chi connectivity index (χ0v) is 17.1. The second kappa shape index (κ2) is 9.28. The Hall–Kier alpha value is -3.89. The Bertz CT molecular complexity index is 1250. The van der Waals surface area contributed by atoms with E-state index in [1.807, 2.05) is 34.9 Å². The number of amides is 1. The van der Waals surface area contributed by atoms with Crippen molar-refractivity contribution in [1.29, 1.82) is 0 Å². The highest BCUT2D eigenvalue weighted by molar-refractivity contribution is 7.99. The van der Waals surface area contributed by atoms with Crippen molar-refractivity contribution in [3.8, 4) is 29.4 Å². The Kier molecular flexibility index (Phi) is 6.11. The van der Waals surface area contributed by atoms with Crippen LogP contribution in [-0.2, 0) is 4.79 Å². The average Bonchev–Trinajstić information content (AvgIpc) is 3.23. The molecule has 4 rings (SSSR count). The molecule has 5 nitrogen and oxygen atoms in total. The van der Waals surface area contributed by atoms with E-state index in [0.29, 0.717) is 22.2 Å². The van der Waals surface area contributed by atoms with Gasteiger partial charge in [-0.3, -0.25) is 9.36 Å². The normalized spacial score (nSPS) is 10.5. The van der Waals surface area contributed by atoms with Gasteiger partial charge in [0, 0.05) is 22.5 Å². The van der Waals surface area contributed by atoms with E-state index in [-0.39, 0.29) is 17.5 Å². The van der Waals surface area contributed by atoms with E-state index in [1.165, 1.54) is 23.9 Å². The molecule has 0 fully saturated rings. The summed E-state index contributed by atoms with van der Waals surface area (Å²) in [5.41, 5.74) is 2.90. The van der Waals surface area contributed by atoms with Gasteiger partial charge in [0.25, 0.3) is 0 Å². The Labute approximate surface area is 183 Å². The van der Waals surface area contributed by atoms with Crippen LogP contribution in [0.15, 0.2) is 84.0 Å². The summed E-state index contributed by atoms with van der Waals surface area (Å²) in [7, 11) is 0. The Morgan fingerprint density at radius 1 is 1.03 bits per heavy atom. The maximum absolute atomic E-state index is 13.4. The SMILES string of the molecule is C#Cc1cccc(NC(=O)CSc2nnc(-c3ccc(F)cc3)n2-c2ccccc2)c1. The van der Waals surface area contributed by atoms with Crippen molar-refractivity contribution in [2.45, 2.75) is 5.16 Å². The standard InChI is InChI=1S/C24H17FN4OS/c1-2-17-7-6-8-20(15-17)26-22(30)16-31-24-28-27-23(18-11-13-19(25)14-12-18)29(24)21-9-4-3-5-10-21/h1,3-15H,16H2,(H,26,30). The lowest BCUT2D eigenvalue weighted by Crippen LogP contribution is -2.14. The van der Waals surface area contributed by atoms with Crippen molar-refractivity contribution in [2.24, 2.45) is 0 Å². The maximum atomic E-state index is 13.4. The minimum atomic E-state index is -0.324. The number of carbonyl (C=O) groups is 1. The van der Waals surface area contributed by atoms with Crippen LogP contribution in [0, 0.1) is 18.2 Å². The van der Waals surface area contributed by atoms with Gasteiger partial charge >= 0.3 is 0 Å². The maximum Gasteiger partial charge on any atom is 0.234 e. The van der Waals surface area contributed by atoms with Gasteiger partial charge in [0.2, 0.25) is 5.91 Å². The van der Waals surface area contributed by atoms with Gasteiger partial charge in [-0.1, -0.05) is 41.9 Å². The number of nitrogens with one attached hydrogen (secondary N) is 1. The predicted molar refractivity (Wildman–Crippen MR) is 120 cm³/mol. The van der Waals surface area contributed by atoms with Crippen LogP contribution in [0.25, 0.3) is 17.1 Å². The second-order valence-corrected chi connectivity index (χ2v) is 7.49. The van der Waals surface area contributed by atoms with E-state index < -0.39 is 0 Å². The van der Waals surface area contributed by atoms with E-state index in [4.69, 9.17) is 6.42 Å². The van der Waals surface area contributed by atoms with E-state index in [0.717, 1.165) is 11.3 Å². The van der Waals surface area contributed by atoms with Crippen LogP contribution in [0.3, 0.4) is 0 Å². The predicted octanol–water partition coefficient (Wildman–Crippen LogP) is 4.79. The highest BCUT2D eigenvalue weighted by atomic mass is 32.2. The number of nitrogens with zero attached hydrogens (tertiary/aromatic N) is 3. The summed E-state index contributed by atoms with van der Waals surface area (Å²) < 4.78 is 15.2. The van der Waals surface area contributed by atoms with Crippen molar-refractivity contribution >= 4 is 23.4 Å². The number of rotatable bonds is 6. The molecule has 0 radical (unpaired) electrons. The fourth-order valence-corrected chi connectivity index (χ4v) is 3.72. The number of halogens is 1. The molecule has 1 heterocycles. The molecular weight excluding hydrogens is 411 g/mol. The summed E-state index contributed by atoms with van der Waals surface area (Å²) >= 11 is 1.26. The zero-order chi connectivity index (χ0) is 21.6. The quantitative estimate of drug-likeness (QED) is 0.355. The average molecular weight is 428 g/mol. The van der Waals surface area contributed by atoms with Crippen LogP contribution in [0.2, 0.25) is 0 Å². The van der Waals surface area contributed by atoms with Gasteiger partial charge in [-0.25, -0.2) is 4.39 Å². The molecule has 0 aliphatic carbocycles. The number of thioether (sulfide) groups is 1. The smallest absolute Gasteiger partial charge is 0.234 e. The van der Waals surface area contributed by atoms with Crippen LogP contribution in [0.4, 0.5) is 10.1 Å². The topological polar surface area (TPSA) is 59.8 Å². The van der Waals surface area contributed by atoms with E-state index >= 15 is 0 Å². The molecular formula is C24H17FN4OS. The minimum absolute atomic E-state index is 0.134. The number of hydrogen-bond acceptors (Lipinski definition) is 4. The zero-order valence-electron chi connectivity index (χ0n) is 16.3. The van der Waals surface area contributed by atoms with Crippen molar-refractivity contribution in [3.63, 3.8) is 0 Å². The molecule has 4 aromatic rings. The van der Waals surface area contributed by atoms with Gasteiger partial charge in [-0.05, 0) is 54.6 Å². The number of benzene rings is 3. The molecule has 0 unspecified atom stereocenters. The van der Waals surface area contributed by atoms with Gasteiger partial charge < -0.3 is 5.32 Å². The third kappa shape index (κ3) is 4.82. The molecule has 0 aliphatic heterocycles. The van der Waals surface area contributed by atoms with E-state index in [9.17, 15) is 9.18 Å². The molecule has 0 saturated heterocycles. The van der Waals surface area contributed by atoms with Crippen molar-refractivity contribution < 1.29 is 9.18 Å². The Morgan fingerprint density at radius 2 is 1.81 bits per heavy atom. The Balaban J connectivity index is 1.57. The first-order valence-corrected chi connectivity index (χ1v) is 10.4. The molecule has 0 spiro atoms. The molecule has 152 valence electrons. The minimum Gasteiger partial charge on any atom is -0.325 e. The van der Waals surface area contributed by atoms with Gasteiger partial charge in [-0.15, -0.1) is 16.6 Å². The van der Waals surface area contributed by atoms with Crippen LogP contribution < -0.4 is 5.32 Å². The lowest BCUT2D eigenvalue weighted by molar-refractivity contribution is -0.113. The molecule has 1 amide bonds. The summed E-state index contributed by atoms with van der Waals surface area (Å²) in [5, 5.41) is 12.0. The fraction of sp³-hybridized carbons (Fsp3) is 0.0417. The summed E-state index contributed by atoms with van der Waals surface area (Å²) in [6, 6.07) is 22.7. The number of para-hydroxylation sites is 1. The number of terminal acetylenes is 1. The fourth-order valence-electron chi connectivity index (χ4n) is 2.97. The van der Waals surface area contributed by atoms with Crippen molar-refractivity contribution in [2.75, 3.05) is 11.1 Å². The molecule has 0 atom stereocenters. The molecule has 31 heavy (non-hydrogen) atoms. The molecule has 0 bridgehead atoms. The monoisotopic (exact) mass is 428 g/mol. The largest absolute Gasteiger partial charge is 0.325 e. The van der Waals surface area contributed by atoms with Crippen molar-refractivity contribution in [3.05, 3.63) is 90.2 Å². The second-order valence-electron chi connectivity index (χ2n) is 6.55. The van der Waals surface area contributed by atoms with Gasteiger partial charge in [0.1, 0.15) is 5.82 Å². The lowest BCUT2D eigenvalue weighted by atomic mass is 10.2. The van der Waals surface area contributed by atoms with Crippen molar-refractivity contribution in [1.82, 2.24) is 14.8 Å². The molecule has 1 aromatic heterocycles. The van der Waals surface area contributed by atoms with E-state index in [1.54, 1.807) is 36.4 Å². The first-order chi connectivity index (χ1) is 15.1. The van der Waals surface area contributed by atoms with Crippen LogP contribution in [0.1, 0.15) is 5.56 Å². The van der Waals surface area contributed by atoms with Crippen LogP contribution in [0.5, 0.6) is 0 Å². The molecule has 0 aliphatic rings. The van der Waals surface area contributed by atoms with E-state index in [2.05, 4.69) is 21.4 Å². The lowest BCUT2D eigenvalue weighted by Gasteiger charge is -2.10. The third-order valence-electron chi connectivity index (χ3n) is 4.40. The molecule has 0 saturated carbocycles. The number of anilines is 1. The summed E-state index contributed by atoms with van der Waals surface area (Å²) in [6.45, 7) is 0. The van der Waals surface area contributed by atoms with Crippen LogP contribution in [-0.4, -0.2) is 26.4 Å². The van der Waals surface area contributed by atoms with Gasteiger partial charge in [0.05, 0.1) is 5.75 Å². The summed E-state index contributed by atoms with van der Waals surface area (Å²) in [6.07, 6.45) is 5.41. The molecule has 3 aromatic carbocycles. The first kappa shape index (κ1) is 20.4. The highest BCUT2D eigenvalue weighted by Gasteiger charge is 2.17. The number of carbonyl (C=O) groups excluding carboxylic acids is 1. The highest BCUT2D eigenvalue weighted by Crippen LogP contribution is 2.28. The molecule has 1 N–H and O–H groups in total. The number of hydrogen-bond donors (Lipinski definition) is 1.